The van der Waals surface area contributed by atoms with E-state index in [9.17, 15) is 4.79 Å². The first-order valence-electron chi connectivity index (χ1n) is 10.9. The number of aryl methyl sites for hydroxylation is 1. The third-order valence-corrected chi connectivity index (χ3v) is 4.49. The van der Waals surface area contributed by atoms with Crippen molar-refractivity contribution in [2.24, 2.45) is 0 Å². The van der Waals surface area contributed by atoms with Crippen molar-refractivity contribution in [2.75, 3.05) is 31.7 Å². The largest absolute Gasteiger partial charge is 0.491 e. The Morgan fingerprint density at radius 3 is 2.68 bits per heavy atom. The van der Waals surface area contributed by atoms with Gasteiger partial charge in [0.1, 0.15) is 23.9 Å². The molecule has 0 aromatic carbocycles. The smallest absolute Gasteiger partial charge is 0.239 e. The molecule has 1 amide bonds. The molecule has 0 fully saturated rings. The van der Waals surface area contributed by atoms with Crippen LogP contribution in [0.1, 0.15) is 52.3 Å². The zero-order valence-corrected chi connectivity index (χ0v) is 19.5. The maximum absolute atomic E-state index is 12.4. The fourth-order valence-electron chi connectivity index (χ4n) is 3.38. The highest BCUT2D eigenvalue weighted by molar-refractivity contribution is 5.82. The summed E-state index contributed by atoms with van der Waals surface area (Å²) in [6.45, 7) is 10.3. The SMILES string of the molecule is CC.CN(CC(=O)NC(C)(C)C)c1nc(-c2cc(OCCO)ccn2)nc2c1CCC2. The van der Waals surface area contributed by atoms with Crippen LogP contribution >= 0.6 is 0 Å². The lowest BCUT2D eigenvalue weighted by molar-refractivity contribution is -0.121. The van der Waals surface area contributed by atoms with E-state index in [1.807, 2.05) is 46.6 Å². The Balaban J connectivity index is 0.00000166. The first-order chi connectivity index (χ1) is 14.8. The van der Waals surface area contributed by atoms with E-state index in [2.05, 4.69) is 10.3 Å². The Bertz CT molecular complexity index is 880. The number of nitrogens with one attached hydrogen (secondary N) is 1. The molecule has 2 heterocycles. The van der Waals surface area contributed by atoms with Gasteiger partial charge in [0.15, 0.2) is 5.82 Å². The first kappa shape index (κ1) is 24.5. The van der Waals surface area contributed by atoms with E-state index in [1.54, 1.807) is 18.3 Å². The molecule has 170 valence electrons. The Kier molecular flexibility index (Phi) is 8.74. The molecule has 0 saturated carbocycles. The average Bonchev–Trinajstić information content (AvgIpc) is 3.20. The highest BCUT2D eigenvalue weighted by Gasteiger charge is 2.24. The topological polar surface area (TPSA) is 100 Å². The van der Waals surface area contributed by atoms with Crippen LogP contribution in [-0.4, -0.2) is 58.3 Å². The molecule has 1 aliphatic rings. The molecule has 1 aliphatic carbocycles. The van der Waals surface area contributed by atoms with Crippen LogP contribution < -0.4 is 15.0 Å². The standard InChI is InChI=1S/C21H29N5O3.C2H6/c1-21(2,3)25-18(28)13-26(4)20-15-6-5-7-16(15)23-19(24-20)17-12-14(8-9-22-17)29-11-10-27;1-2/h8-9,12,27H,5-7,10-11,13H2,1-4H3,(H,25,28);1-2H3. The van der Waals surface area contributed by atoms with Crippen molar-refractivity contribution in [1.29, 1.82) is 0 Å². The zero-order chi connectivity index (χ0) is 23.0. The van der Waals surface area contributed by atoms with Crippen molar-refractivity contribution >= 4 is 11.7 Å². The third-order valence-electron chi connectivity index (χ3n) is 4.49. The Hall–Kier alpha value is -2.74. The normalized spacial score (nSPS) is 12.5. The van der Waals surface area contributed by atoms with E-state index in [1.165, 1.54) is 0 Å². The lowest BCUT2D eigenvalue weighted by Gasteiger charge is -2.25. The number of carbonyl (C=O) groups excluding carboxylic acids is 1. The molecule has 2 aromatic rings. The molecule has 0 radical (unpaired) electrons. The molecule has 2 N–H and O–H groups in total. The van der Waals surface area contributed by atoms with Crippen molar-refractivity contribution < 1.29 is 14.6 Å². The van der Waals surface area contributed by atoms with Crippen LogP contribution in [0.25, 0.3) is 11.5 Å². The summed E-state index contributed by atoms with van der Waals surface area (Å²) >= 11 is 0. The van der Waals surface area contributed by atoms with Crippen molar-refractivity contribution in [2.45, 2.75) is 59.4 Å². The van der Waals surface area contributed by atoms with E-state index >= 15 is 0 Å². The van der Waals surface area contributed by atoms with Crippen LogP contribution in [-0.2, 0) is 17.6 Å². The highest BCUT2D eigenvalue weighted by atomic mass is 16.5. The summed E-state index contributed by atoms with van der Waals surface area (Å²) in [5.74, 6) is 1.84. The number of amides is 1. The Labute approximate surface area is 185 Å². The summed E-state index contributed by atoms with van der Waals surface area (Å²) in [7, 11) is 1.88. The van der Waals surface area contributed by atoms with Crippen LogP contribution in [0.3, 0.4) is 0 Å². The zero-order valence-electron chi connectivity index (χ0n) is 19.5. The molecule has 31 heavy (non-hydrogen) atoms. The van der Waals surface area contributed by atoms with Crippen molar-refractivity contribution in [1.82, 2.24) is 20.3 Å². The van der Waals surface area contributed by atoms with Gasteiger partial charge in [-0.05, 0) is 46.1 Å². The number of fused-ring (bicyclic) bond motifs is 1. The highest BCUT2D eigenvalue weighted by Crippen LogP contribution is 2.31. The van der Waals surface area contributed by atoms with Crippen LogP contribution in [0, 0.1) is 0 Å². The molecule has 0 atom stereocenters. The van der Waals surface area contributed by atoms with Gasteiger partial charge in [-0.2, -0.15) is 0 Å². The van der Waals surface area contributed by atoms with Gasteiger partial charge in [-0.25, -0.2) is 9.97 Å². The average molecular weight is 430 g/mol. The summed E-state index contributed by atoms with van der Waals surface area (Å²) < 4.78 is 5.48. The number of pyridine rings is 1. The van der Waals surface area contributed by atoms with E-state index in [-0.39, 0.29) is 31.2 Å². The monoisotopic (exact) mass is 429 g/mol. The van der Waals surface area contributed by atoms with E-state index in [0.29, 0.717) is 17.3 Å². The molecule has 3 rings (SSSR count). The number of anilines is 1. The van der Waals surface area contributed by atoms with Crippen molar-refractivity contribution in [3.63, 3.8) is 0 Å². The molecule has 0 saturated heterocycles. The second kappa shape index (κ2) is 11.0. The molecule has 0 aliphatic heterocycles. The number of hydrogen-bond donors (Lipinski definition) is 2. The number of carbonyl (C=O) groups is 1. The van der Waals surface area contributed by atoms with Gasteiger partial charge in [-0.1, -0.05) is 13.8 Å². The van der Waals surface area contributed by atoms with Gasteiger partial charge in [-0.15, -0.1) is 0 Å². The van der Waals surface area contributed by atoms with Gasteiger partial charge in [0.05, 0.1) is 13.2 Å². The molecule has 0 unspecified atom stereocenters. The van der Waals surface area contributed by atoms with Gasteiger partial charge < -0.3 is 20.1 Å². The lowest BCUT2D eigenvalue weighted by Crippen LogP contribution is -2.45. The number of hydrogen-bond acceptors (Lipinski definition) is 7. The second-order valence-corrected chi connectivity index (χ2v) is 8.25. The van der Waals surface area contributed by atoms with Crippen LogP contribution in [0.2, 0.25) is 0 Å². The minimum atomic E-state index is -0.282. The number of aliphatic hydroxyl groups excluding tert-OH is 1. The number of likely N-dealkylation sites (N-methyl/N-ethyl adjacent to an activating group) is 1. The number of aromatic nitrogens is 3. The van der Waals surface area contributed by atoms with Gasteiger partial charge in [-0.3, -0.25) is 9.78 Å². The van der Waals surface area contributed by atoms with Gasteiger partial charge in [0.2, 0.25) is 5.91 Å². The maximum atomic E-state index is 12.4. The number of rotatable bonds is 7. The fraction of sp³-hybridized carbons (Fsp3) is 0.565. The molecule has 8 heteroatoms. The maximum Gasteiger partial charge on any atom is 0.239 e. The van der Waals surface area contributed by atoms with Crippen LogP contribution in [0.5, 0.6) is 5.75 Å². The summed E-state index contributed by atoms with van der Waals surface area (Å²) in [5, 5.41) is 11.9. The third kappa shape index (κ3) is 6.89. The number of nitrogens with zero attached hydrogens (tertiary/aromatic N) is 4. The van der Waals surface area contributed by atoms with Crippen LogP contribution in [0.15, 0.2) is 18.3 Å². The molecule has 8 nitrogen and oxygen atoms in total. The van der Waals surface area contributed by atoms with Gasteiger partial charge in [0, 0.05) is 36.1 Å². The molecule has 2 aromatic heterocycles. The fourth-order valence-corrected chi connectivity index (χ4v) is 3.38. The number of ether oxygens (including phenoxy) is 1. The van der Waals surface area contributed by atoms with E-state index in [0.717, 1.165) is 36.3 Å². The summed E-state index contributed by atoms with van der Waals surface area (Å²) in [6, 6.07) is 3.50. The summed E-state index contributed by atoms with van der Waals surface area (Å²) in [4.78, 5) is 28.1. The van der Waals surface area contributed by atoms with Gasteiger partial charge in [0.25, 0.3) is 0 Å². The Morgan fingerprint density at radius 1 is 1.26 bits per heavy atom. The lowest BCUT2D eigenvalue weighted by atomic mass is 10.1. The summed E-state index contributed by atoms with van der Waals surface area (Å²) in [6.07, 6.45) is 4.46. The number of aliphatic hydroxyl groups is 1. The first-order valence-corrected chi connectivity index (χ1v) is 10.9. The predicted molar refractivity (Wildman–Crippen MR) is 122 cm³/mol. The minimum Gasteiger partial charge on any atom is -0.491 e. The predicted octanol–water partition coefficient (Wildman–Crippen LogP) is 2.78. The molecular formula is C23H35N5O3. The van der Waals surface area contributed by atoms with Gasteiger partial charge >= 0.3 is 0 Å². The quantitative estimate of drug-likeness (QED) is 0.698. The van der Waals surface area contributed by atoms with Crippen molar-refractivity contribution in [3.05, 3.63) is 29.6 Å². The van der Waals surface area contributed by atoms with E-state index in [4.69, 9.17) is 19.8 Å². The second-order valence-electron chi connectivity index (χ2n) is 8.25. The van der Waals surface area contributed by atoms with Crippen LogP contribution in [0.4, 0.5) is 5.82 Å². The Morgan fingerprint density at radius 2 is 2.00 bits per heavy atom. The minimum absolute atomic E-state index is 0.0514. The molecule has 0 spiro atoms. The van der Waals surface area contributed by atoms with Crippen molar-refractivity contribution in [3.8, 4) is 17.3 Å². The molecular weight excluding hydrogens is 394 g/mol. The molecule has 0 bridgehead atoms. The summed E-state index contributed by atoms with van der Waals surface area (Å²) in [5.41, 5.74) is 2.43. The van der Waals surface area contributed by atoms with E-state index < -0.39 is 0 Å².